The molecule has 2 aromatic rings. The molecule has 1 aromatic carbocycles. The Labute approximate surface area is 148 Å². The van der Waals surface area contributed by atoms with Gasteiger partial charge in [0, 0.05) is 25.0 Å². The largest absolute Gasteiger partial charge is 0.497 e. The van der Waals surface area contributed by atoms with Gasteiger partial charge in [-0.2, -0.15) is 0 Å². The zero-order valence-electron chi connectivity index (χ0n) is 15.4. The van der Waals surface area contributed by atoms with E-state index in [1.54, 1.807) is 11.8 Å². The number of hydrogen-bond acceptors (Lipinski definition) is 4. The third-order valence-corrected chi connectivity index (χ3v) is 4.96. The number of fused-ring (bicyclic) bond motifs is 1. The number of aryl methyl sites for hydroxylation is 1. The molecule has 25 heavy (non-hydrogen) atoms. The summed E-state index contributed by atoms with van der Waals surface area (Å²) >= 11 is 0. The molecule has 1 aromatic heterocycles. The van der Waals surface area contributed by atoms with Crippen molar-refractivity contribution in [2.45, 2.75) is 40.2 Å². The molecule has 0 radical (unpaired) electrons. The van der Waals surface area contributed by atoms with E-state index in [-0.39, 0.29) is 12.3 Å². The van der Waals surface area contributed by atoms with Gasteiger partial charge in [-0.1, -0.05) is 19.1 Å². The van der Waals surface area contributed by atoms with Gasteiger partial charge in [0.15, 0.2) is 0 Å². The van der Waals surface area contributed by atoms with Crippen molar-refractivity contribution in [1.29, 1.82) is 0 Å². The van der Waals surface area contributed by atoms with Crippen molar-refractivity contribution in [1.82, 2.24) is 15.0 Å². The summed E-state index contributed by atoms with van der Waals surface area (Å²) in [5.74, 6) is 1.85. The van der Waals surface area contributed by atoms with Gasteiger partial charge in [0.2, 0.25) is 5.91 Å². The molecule has 6 heteroatoms. The van der Waals surface area contributed by atoms with Crippen LogP contribution >= 0.6 is 0 Å². The molecule has 0 fully saturated rings. The van der Waals surface area contributed by atoms with E-state index in [4.69, 9.17) is 4.74 Å². The molecule has 0 saturated heterocycles. The molecule has 6 nitrogen and oxygen atoms in total. The number of ether oxygens (including phenoxy) is 1. The van der Waals surface area contributed by atoms with Gasteiger partial charge in [-0.05, 0) is 48.9 Å². The third-order valence-electron chi connectivity index (χ3n) is 4.96. The van der Waals surface area contributed by atoms with Crippen LogP contribution in [0, 0.1) is 11.8 Å². The Bertz CT molecular complexity index is 754. The van der Waals surface area contributed by atoms with Crippen molar-refractivity contribution >= 4 is 11.6 Å². The van der Waals surface area contributed by atoms with Gasteiger partial charge in [0.05, 0.1) is 19.2 Å². The minimum atomic E-state index is 0.0694. The lowest BCUT2D eigenvalue weighted by molar-refractivity contribution is -0.118. The fourth-order valence-corrected chi connectivity index (χ4v) is 3.30. The van der Waals surface area contributed by atoms with Crippen LogP contribution in [0.1, 0.15) is 32.0 Å². The summed E-state index contributed by atoms with van der Waals surface area (Å²) in [6.07, 6.45) is 3.09. The number of amides is 1. The van der Waals surface area contributed by atoms with Gasteiger partial charge in [-0.3, -0.25) is 9.48 Å². The van der Waals surface area contributed by atoms with E-state index in [9.17, 15) is 4.79 Å². The molecule has 1 atom stereocenters. The fourth-order valence-electron chi connectivity index (χ4n) is 3.30. The second-order valence-electron chi connectivity index (χ2n) is 6.95. The average molecular weight is 342 g/mol. The Balaban J connectivity index is 1.87. The van der Waals surface area contributed by atoms with E-state index < -0.39 is 0 Å². The molecule has 1 aliphatic heterocycles. The molecule has 134 valence electrons. The first-order chi connectivity index (χ1) is 12.0. The van der Waals surface area contributed by atoms with E-state index in [2.05, 4.69) is 30.2 Å². The Morgan fingerprint density at radius 1 is 1.40 bits per heavy atom. The van der Waals surface area contributed by atoms with Gasteiger partial charge in [0.25, 0.3) is 0 Å². The first-order valence-electron chi connectivity index (χ1n) is 8.88. The van der Waals surface area contributed by atoms with Crippen molar-refractivity contribution in [3.8, 4) is 5.75 Å². The number of anilines is 1. The molecular formula is C19H26N4O2. The number of rotatable bonds is 5. The quantitative estimate of drug-likeness (QED) is 0.838. The molecule has 1 amide bonds. The molecule has 3 rings (SSSR count). The number of nitrogens with zero attached hydrogens (tertiary/aromatic N) is 4. The fraction of sp³-hybridized carbons (Fsp3) is 0.526. The van der Waals surface area contributed by atoms with E-state index in [0.29, 0.717) is 17.5 Å². The maximum Gasteiger partial charge on any atom is 0.233 e. The predicted octanol–water partition coefficient (Wildman–Crippen LogP) is 2.71. The highest BCUT2D eigenvalue weighted by Crippen LogP contribution is 2.35. The predicted molar refractivity (Wildman–Crippen MR) is 96.8 cm³/mol. The van der Waals surface area contributed by atoms with Crippen LogP contribution in [0.2, 0.25) is 0 Å². The molecule has 0 N–H and O–H groups in total. The highest BCUT2D eigenvalue weighted by Gasteiger charge is 2.30. The maximum absolute atomic E-state index is 13.0. The zero-order chi connectivity index (χ0) is 18.0. The van der Waals surface area contributed by atoms with Crippen molar-refractivity contribution in [2.24, 2.45) is 11.8 Å². The molecule has 0 saturated carbocycles. The summed E-state index contributed by atoms with van der Waals surface area (Å²) < 4.78 is 7.10. The SMILES string of the molecule is CCn1cc(CC(=O)N2CC(C(C)C)Cc3cc(OC)ccc32)nn1. The number of hydrogen-bond donors (Lipinski definition) is 0. The number of carbonyl (C=O) groups excluding carboxylic acids is 1. The summed E-state index contributed by atoms with van der Waals surface area (Å²) in [7, 11) is 1.67. The van der Waals surface area contributed by atoms with Gasteiger partial charge in [-0.15, -0.1) is 5.10 Å². The molecular weight excluding hydrogens is 316 g/mol. The van der Waals surface area contributed by atoms with E-state index in [1.807, 2.05) is 30.2 Å². The Morgan fingerprint density at radius 3 is 2.84 bits per heavy atom. The highest BCUT2D eigenvalue weighted by atomic mass is 16.5. The lowest BCUT2D eigenvalue weighted by Crippen LogP contribution is -2.42. The maximum atomic E-state index is 13.0. The van der Waals surface area contributed by atoms with Crippen LogP contribution < -0.4 is 9.64 Å². The molecule has 2 heterocycles. The second kappa shape index (κ2) is 7.25. The van der Waals surface area contributed by atoms with Crippen LogP contribution in [-0.2, 0) is 24.2 Å². The number of benzene rings is 1. The lowest BCUT2D eigenvalue weighted by Gasteiger charge is -2.36. The van der Waals surface area contributed by atoms with Gasteiger partial charge < -0.3 is 9.64 Å². The molecule has 1 aliphatic rings. The lowest BCUT2D eigenvalue weighted by atomic mass is 9.84. The van der Waals surface area contributed by atoms with E-state index in [0.717, 1.165) is 30.9 Å². The topological polar surface area (TPSA) is 60.2 Å². The first kappa shape index (κ1) is 17.5. The molecule has 0 bridgehead atoms. The number of aromatic nitrogens is 3. The van der Waals surface area contributed by atoms with Crippen LogP contribution in [-0.4, -0.2) is 34.6 Å². The summed E-state index contributed by atoms with van der Waals surface area (Å²) in [4.78, 5) is 14.9. The van der Waals surface area contributed by atoms with Crippen LogP contribution in [0.25, 0.3) is 0 Å². The standard InChI is InChI=1S/C19H26N4O2/c1-5-22-12-16(20-21-22)10-19(24)23-11-15(13(2)3)8-14-9-17(25-4)6-7-18(14)23/h6-7,9,12-13,15H,5,8,10-11H2,1-4H3. The summed E-state index contributed by atoms with van der Waals surface area (Å²) in [6.45, 7) is 7.93. The summed E-state index contributed by atoms with van der Waals surface area (Å²) in [6, 6.07) is 5.96. The zero-order valence-corrected chi connectivity index (χ0v) is 15.4. The number of methoxy groups -OCH3 is 1. The first-order valence-corrected chi connectivity index (χ1v) is 8.88. The van der Waals surface area contributed by atoms with Gasteiger partial charge in [-0.25, -0.2) is 0 Å². The highest BCUT2D eigenvalue weighted by molar-refractivity contribution is 5.95. The van der Waals surface area contributed by atoms with E-state index >= 15 is 0 Å². The van der Waals surface area contributed by atoms with Crippen LogP contribution in [0.4, 0.5) is 5.69 Å². The summed E-state index contributed by atoms with van der Waals surface area (Å²) in [5.41, 5.74) is 2.88. The molecule has 0 aliphatic carbocycles. The molecule has 0 spiro atoms. The summed E-state index contributed by atoms with van der Waals surface area (Å²) in [5, 5.41) is 8.13. The minimum absolute atomic E-state index is 0.0694. The van der Waals surface area contributed by atoms with Crippen molar-refractivity contribution in [3.63, 3.8) is 0 Å². The Kier molecular flexibility index (Phi) is 5.06. The number of carbonyl (C=O) groups is 1. The smallest absolute Gasteiger partial charge is 0.233 e. The minimum Gasteiger partial charge on any atom is -0.497 e. The Morgan fingerprint density at radius 2 is 2.20 bits per heavy atom. The van der Waals surface area contributed by atoms with Crippen LogP contribution in [0.15, 0.2) is 24.4 Å². The van der Waals surface area contributed by atoms with Crippen molar-refractivity contribution in [3.05, 3.63) is 35.7 Å². The normalized spacial score (nSPS) is 16.8. The monoisotopic (exact) mass is 342 g/mol. The van der Waals surface area contributed by atoms with Crippen LogP contribution in [0.3, 0.4) is 0 Å². The van der Waals surface area contributed by atoms with Crippen LogP contribution in [0.5, 0.6) is 5.75 Å². The Hall–Kier alpha value is -2.37. The third kappa shape index (κ3) is 3.67. The van der Waals surface area contributed by atoms with Crippen molar-refractivity contribution < 1.29 is 9.53 Å². The van der Waals surface area contributed by atoms with Gasteiger partial charge >= 0.3 is 0 Å². The molecule has 1 unspecified atom stereocenters. The van der Waals surface area contributed by atoms with Crippen molar-refractivity contribution in [2.75, 3.05) is 18.6 Å². The second-order valence-corrected chi connectivity index (χ2v) is 6.95. The van der Waals surface area contributed by atoms with E-state index in [1.165, 1.54) is 5.56 Å². The van der Waals surface area contributed by atoms with Gasteiger partial charge in [0.1, 0.15) is 5.75 Å². The average Bonchev–Trinajstić information content (AvgIpc) is 3.07.